The molecule has 1 fully saturated rings. The summed E-state index contributed by atoms with van der Waals surface area (Å²) in [5, 5.41) is 7.26. The van der Waals surface area contributed by atoms with Crippen LogP contribution in [0.3, 0.4) is 0 Å². The molecule has 0 spiro atoms. The van der Waals surface area contributed by atoms with Crippen molar-refractivity contribution in [2.24, 2.45) is 5.92 Å². The van der Waals surface area contributed by atoms with Gasteiger partial charge in [0.2, 0.25) is 0 Å². The highest BCUT2D eigenvalue weighted by molar-refractivity contribution is 5.67. The van der Waals surface area contributed by atoms with Crippen LogP contribution in [0.25, 0.3) is 5.78 Å². The molecule has 0 aromatic carbocycles. The molecule has 8 heteroatoms. The van der Waals surface area contributed by atoms with Crippen LogP contribution in [0.4, 0.5) is 10.6 Å². The maximum absolute atomic E-state index is 12.1. The summed E-state index contributed by atoms with van der Waals surface area (Å²) < 4.78 is 7.15. The van der Waals surface area contributed by atoms with Gasteiger partial charge in [0.05, 0.1) is 6.04 Å². The Bertz CT molecular complexity index is 782. The zero-order valence-corrected chi connectivity index (χ0v) is 16.2. The number of piperidine rings is 1. The molecule has 1 aliphatic heterocycles. The van der Waals surface area contributed by atoms with Crippen LogP contribution in [-0.2, 0) is 4.74 Å². The zero-order valence-electron chi connectivity index (χ0n) is 16.2. The number of nitrogens with one attached hydrogen (secondary N) is 1. The summed E-state index contributed by atoms with van der Waals surface area (Å²) in [6, 6.07) is 2.19. The summed E-state index contributed by atoms with van der Waals surface area (Å²) in [5.41, 5.74) is 0.398. The fourth-order valence-corrected chi connectivity index (χ4v) is 3.46. The Morgan fingerprint density at radius 3 is 2.92 bits per heavy atom. The molecule has 0 saturated carbocycles. The SMILES string of the molecule is Cc1cc(N2CCCC(C)C2CNC(=O)OC(C)(C)C)n2ncnc2n1. The fraction of sp³-hybridized carbons (Fsp3) is 0.667. The third-order valence-corrected chi connectivity index (χ3v) is 4.63. The number of hydrogen-bond donors (Lipinski definition) is 1. The number of ether oxygens (including phenoxy) is 1. The Hall–Kier alpha value is -2.38. The molecule has 2 aromatic rings. The van der Waals surface area contributed by atoms with E-state index < -0.39 is 5.60 Å². The number of carbonyl (C=O) groups excluding carboxylic acids is 1. The van der Waals surface area contributed by atoms with Gasteiger partial charge in [0, 0.05) is 24.8 Å². The predicted octanol–water partition coefficient (Wildman–Crippen LogP) is 2.56. The van der Waals surface area contributed by atoms with E-state index >= 15 is 0 Å². The molecule has 3 rings (SSSR count). The first-order chi connectivity index (χ1) is 12.2. The number of hydrogen-bond acceptors (Lipinski definition) is 6. The number of carbonyl (C=O) groups is 1. The molecule has 3 heterocycles. The second-order valence-electron chi connectivity index (χ2n) is 7.99. The maximum Gasteiger partial charge on any atom is 0.407 e. The molecular formula is C18H28N6O2. The van der Waals surface area contributed by atoms with Crippen molar-refractivity contribution in [3.63, 3.8) is 0 Å². The van der Waals surface area contributed by atoms with Crippen LogP contribution in [0.2, 0.25) is 0 Å². The first-order valence-corrected chi connectivity index (χ1v) is 9.15. The van der Waals surface area contributed by atoms with Gasteiger partial charge in [-0.15, -0.1) is 0 Å². The second-order valence-corrected chi connectivity index (χ2v) is 7.99. The van der Waals surface area contributed by atoms with E-state index in [1.165, 1.54) is 6.33 Å². The first kappa shape index (κ1) is 18.4. The van der Waals surface area contributed by atoms with E-state index in [0.29, 0.717) is 18.2 Å². The van der Waals surface area contributed by atoms with Crippen molar-refractivity contribution in [2.45, 2.75) is 59.1 Å². The van der Waals surface area contributed by atoms with E-state index in [-0.39, 0.29) is 12.1 Å². The van der Waals surface area contributed by atoms with Gasteiger partial charge in [0.15, 0.2) is 0 Å². The van der Waals surface area contributed by atoms with E-state index in [4.69, 9.17) is 4.74 Å². The van der Waals surface area contributed by atoms with Gasteiger partial charge in [-0.1, -0.05) is 6.92 Å². The number of rotatable bonds is 3. The molecule has 2 atom stereocenters. The number of nitrogens with zero attached hydrogens (tertiary/aromatic N) is 5. The molecule has 26 heavy (non-hydrogen) atoms. The number of fused-ring (bicyclic) bond motifs is 1. The highest BCUT2D eigenvalue weighted by Crippen LogP contribution is 2.28. The minimum Gasteiger partial charge on any atom is -0.444 e. The molecule has 1 saturated heterocycles. The summed E-state index contributed by atoms with van der Waals surface area (Å²) in [4.78, 5) is 23.0. The number of aryl methyl sites for hydroxylation is 1. The molecule has 0 radical (unpaired) electrons. The van der Waals surface area contributed by atoms with Crippen molar-refractivity contribution in [1.82, 2.24) is 24.9 Å². The van der Waals surface area contributed by atoms with Crippen molar-refractivity contribution in [2.75, 3.05) is 18.0 Å². The Morgan fingerprint density at radius 2 is 2.19 bits per heavy atom. The van der Waals surface area contributed by atoms with Crippen LogP contribution in [0.15, 0.2) is 12.4 Å². The molecular weight excluding hydrogens is 332 g/mol. The molecule has 0 bridgehead atoms. The van der Waals surface area contributed by atoms with Crippen molar-refractivity contribution in [3.05, 3.63) is 18.1 Å². The van der Waals surface area contributed by atoms with Crippen molar-refractivity contribution in [3.8, 4) is 0 Å². The number of amides is 1. The highest BCUT2D eigenvalue weighted by atomic mass is 16.6. The monoisotopic (exact) mass is 360 g/mol. The Morgan fingerprint density at radius 1 is 1.42 bits per heavy atom. The van der Waals surface area contributed by atoms with Gasteiger partial charge < -0.3 is 15.0 Å². The second kappa shape index (κ2) is 7.09. The van der Waals surface area contributed by atoms with Crippen molar-refractivity contribution in [1.29, 1.82) is 0 Å². The van der Waals surface area contributed by atoms with E-state index in [2.05, 4.69) is 32.2 Å². The lowest BCUT2D eigenvalue weighted by molar-refractivity contribution is 0.0519. The fourth-order valence-electron chi connectivity index (χ4n) is 3.46. The lowest BCUT2D eigenvalue weighted by Gasteiger charge is -2.41. The minimum absolute atomic E-state index is 0.158. The Kier molecular flexibility index (Phi) is 5.02. The zero-order chi connectivity index (χ0) is 18.9. The van der Waals surface area contributed by atoms with Gasteiger partial charge in [-0.05, 0) is 46.5 Å². The van der Waals surface area contributed by atoms with E-state index in [0.717, 1.165) is 30.9 Å². The van der Waals surface area contributed by atoms with Crippen LogP contribution >= 0.6 is 0 Å². The number of anilines is 1. The van der Waals surface area contributed by atoms with E-state index in [1.54, 1.807) is 4.52 Å². The average Bonchev–Trinajstić information content (AvgIpc) is 2.99. The first-order valence-electron chi connectivity index (χ1n) is 9.15. The molecule has 1 N–H and O–H groups in total. The van der Waals surface area contributed by atoms with Crippen LogP contribution < -0.4 is 10.2 Å². The van der Waals surface area contributed by atoms with Gasteiger partial charge in [-0.2, -0.15) is 14.6 Å². The van der Waals surface area contributed by atoms with Crippen LogP contribution in [0.1, 0.15) is 46.2 Å². The predicted molar refractivity (Wildman–Crippen MR) is 99.3 cm³/mol. The molecule has 2 unspecified atom stereocenters. The lowest BCUT2D eigenvalue weighted by atomic mass is 9.90. The largest absolute Gasteiger partial charge is 0.444 e. The lowest BCUT2D eigenvalue weighted by Crippen LogP contribution is -2.52. The van der Waals surface area contributed by atoms with Gasteiger partial charge >= 0.3 is 6.09 Å². The van der Waals surface area contributed by atoms with Crippen LogP contribution in [0.5, 0.6) is 0 Å². The maximum atomic E-state index is 12.1. The molecule has 8 nitrogen and oxygen atoms in total. The van der Waals surface area contributed by atoms with Gasteiger partial charge in [-0.3, -0.25) is 0 Å². The standard InChI is InChI=1S/C18H28N6O2/c1-12-7-6-8-23(14(12)10-19-17(25)26-18(3,4)5)15-9-13(2)22-16-20-11-21-24(15)16/h9,11-12,14H,6-8,10H2,1-5H3,(H,19,25). The quantitative estimate of drug-likeness (QED) is 0.905. The summed E-state index contributed by atoms with van der Waals surface area (Å²) >= 11 is 0. The summed E-state index contributed by atoms with van der Waals surface area (Å²) in [7, 11) is 0. The molecule has 1 amide bonds. The summed E-state index contributed by atoms with van der Waals surface area (Å²) in [6.45, 7) is 11.2. The summed E-state index contributed by atoms with van der Waals surface area (Å²) in [5.74, 6) is 2.00. The molecule has 2 aromatic heterocycles. The number of aromatic nitrogens is 4. The Labute approximate surface area is 154 Å². The molecule has 142 valence electrons. The van der Waals surface area contributed by atoms with Gasteiger partial charge in [-0.25, -0.2) is 9.78 Å². The number of alkyl carbamates (subject to hydrolysis) is 1. The van der Waals surface area contributed by atoms with Crippen LogP contribution in [-0.4, -0.2) is 50.4 Å². The minimum atomic E-state index is -0.503. The van der Waals surface area contributed by atoms with Gasteiger partial charge in [0.1, 0.15) is 17.7 Å². The summed E-state index contributed by atoms with van der Waals surface area (Å²) in [6.07, 6.45) is 3.36. The van der Waals surface area contributed by atoms with Crippen LogP contribution in [0, 0.1) is 12.8 Å². The van der Waals surface area contributed by atoms with Crippen molar-refractivity contribution < 1.29 is 9.53 Å². The van der Waals surface area contributed by atoms with E-state index in [9.17, 15) is 4.79 Å². The van der Waals surface area contributed by atoms with E-state index in [1.807, 2.05) is 33.8 Å². The normalized spacial score (nSPS) is 21.0. The van der Waals surface area contributed by atoms with Crippen molar-refractivity contribution >= 4 is 17.7 Å². The molecule has 0 aliphatic carbocycles. The molecule has 1 aliphatic rings. The Balaban J connectivity index is 1.82. The smallest absolute Gasteiger partial charge is 0.407 e. The highest BCUT2D eigenvalue weighted by Gasteiger charge is 2.31. The third kappa shape index (κ3) is 4.05. The third-order valence-electron chi connectivity index (χ3n) is 4.63. The average molecular weight is 360 g/mol. The topological polar surface area (TPSA) is 84.7 Å². The van der Waals surface area contributed by atoms with Gasteiger partial charge in [0.25, 0.3) is 5.78 Å².